The van der Waals surface area contributed by atoms with E-state index in [1.54, 1.807) is 6.20 Å². The molecule has 1 fully saturated rings. The van der Waals surface area contributed by atoms with Crippen LogP contribution in [0.2, 0.25) is 5.02 Å². The van der Waals surface area contributed by atoms with E-state index in [1.807, 2.05) is 36.4 Å². The molecule has 1 aromatic carbocycles. The van der Waals surface area contributed by atoms with Gasteiger partial charge in [-0.2, -0.15) is 5.26 Å². The van der Waals surface area contributed by atoms with E-state index in [9.17, 15) is 0 Å². The molecule has 1 heterocycles. The highest BCUT2D eigenvalue weighted by molar-refractivity contribution is 6.33. The Morgan fingerprint density at radius 3 is 2.50 bits per heavy atom. The molecule has 0 amide bonds. The fraction of sp³-hybridized carbons (Fsp3) is 0.200. The normalized spacial score (nSPS) is 16.0. The molecule has 3 rings (SSSR count). The summed E-state index contributed by atoms with van der Waals surface area (Å²) in [6.45, 7) is 0. The van der Waals surface area contributed by atoms with Gasteiger partial charge in [-0.05, 0) is 30.5 Å². The second-order valence-electron chi connectivity index (χ2n) is 4.61. The molecule has 0 spiro atoms. The number of benzene rings is 1. The average Bonchev–Trinajstić information content (AvgIpc) is 3.21. The molecule has 1 aliphatic carbocycles. The van der Waals surface area contributed by atoms with Crippen molar-refractivity contribution in [1.82, 2.24) is 4.98 Å². The standard InChI is InChI=1S/C15H11ClN2/c16-13-4-2-1-3-12(13)14-6-5-11(9-18-14)15(10-17)7-8-15/h1-6,9H,7-8H2. The van der Waals surface area contributed by atoms with Crippen molar-refractivity contribution in [3.8, 4) is 17.3 Å². The minimum absolute atomic E-state index is 0.272. The van der Waals surface area contributed by atoms with Crippen molar-refractivity contribution < 1.29 is 0 Å². The fourth-order valence-corrected chi connectivity index (χ4v) is 2.33. The smallest absolute Gasteiger partial charge is 0.0838 e. The molecule has 0 unspecified atom stereocenters. The SMILES string of the molecule is N#CC1(c2ccc(-c3ccccc3Cl)nc2)CC1. The fourth-order valence-electron chi connectivity index (χ4n) is 2.10. The van der Waals surface area contributed by atoms with E-state index in [-0.39, 0.29) is 5.41 Å². The van der Waals surface area contributed by atoms with Gasteiger partial charge < -0.3 is 0 Å². The number of hydrogen-bond acceptors (Lipinski definition) is 2. The van der Waals surface area contributed by atoms with Crippen molar-refractivity contribution in [3.63, 3.8) is 0 Å². The molecule has 1 aromatic heterocycles. The summed E-state index contributed by atoms with van der Waals surface area (Å²) in [7, 11) is 0. The molecule has 2 aromatic rings. The first-order valence-electron chi connectivity index (χ1n) is 5.88. The van der Waals surface area contributed by atoms with Gasteiger partial charge in [0, 0.05) is 16.8 Å². The predicted octanol–water partition coefficient (Wildman–Crippen LogP) is 3.96. The van der Waals surface area contributed by atoms with Crippen LogP contribution in [0.15, 0.2) is 42.6 Å². The zero-order valence-electron chi connectivity index (χ0n) is 9.73. The van der Waals surface area contributed by atoms with E-state index < -0.39 is 0 Å². The van der Waals surface area contributed by atoms with E-state index in [4.69, 9.17) is 16.9 Å². The molecular formula is C15H11ClN2. The van der Waals surface area contributed by atoms with Crippen LogP contribution in [0.3, 0.4) is 0 Å². The van der Waals surface area contributed by atoms with Crippen molar-refractivity contribution >= 4 is 11.6 Å². The van der Waals surface area contributed by atoms with Gasteiger partial charge in [0.25, 0.3) is 0 Å². The third-order valence-corrected chi connectivity index (χ3v) is 3.76. The Morgan fingerprint density at radius 2 is 1.94 bits per heavy atom. The third-order valence-electron chi connectivity index (χ3n) is 3.43. The molecule has 2 nitrogen and oxygen atoms in total. The Hall–Kier alpha value is -1.85. The maximum Gasteiger partial charge on any atom is 0.0838 e. The number of nitrogens with zero attached hydrogens (tertiary/aromatic N) is 2. The second-order valence-corrected chi connectivity index (χ2v) is 5.01. The van der Waals surface area contributed by atoms with Gasteiger partial charge >= 0.3 is 0 Å². The van der Waals surface area contributed by atoms with E-state index in [0.29, 0.717) is 5.02 Å². The van der Waals surface area contributed by atoms with Gasteiger partial charge in [0.1, 0.15) is 0 Å². The van der Waals surface area contributed by atoms with Crippen LogP contribution < -0.4 is 0 Å². The van der Waals surface area contributed by atoms with Gasteiger partial charge in [-0.15, -0.1) is 0 Å². The molecule has 1 aliphatic rings. The lowest BCUT2D eigenvalue weighted by Gasteiger charge is -2.07. The number of aromatic nitrogens is 1. The molecule has 0 bridgehead atoms. The Labute approximate surface area is 111 Å². The number of nitriles is 1. The molecular weight excluding hydrogens is 244 g/mol. The summed E-state index contributed by atoms with van der Waals surface area (Å²) >= 11 is 6.14. The lowest BCUT2D eigenvalue weighted by molar-refractivity contribution is 0.898. The van der Waals surface area contributed by atoms with Crippen LogP contribution in [0, 0.1) is 11.3 Å². The van der Waals surface area contributed by atoms with Crippen LogP contribution in [-0.4, -0.2) is 4.98 Å². The molecule has 0 saturated heterocycles. The molecule has 88 valence electrons. The van der Waals surface area contributed by atoms with Crippen LogP contribution >= 0.6 is 11.6 Å². The van der Waals surface area contributed by atoms with Crippen LogP contribution in [-0.2, 0) is 5.41 Å². The third kappa shape index (κ3) is 1.77. The zero-order chi connectivity index (χ0) is 12.6. The predicted molar refractivity (Wildman–Crippen MR) is 71.2 cm³/mol. The van der Waals surface area contributed by atoms with Crippen molar-refractivity contribution in [2.24, 2.45) is 0 Å². The number of hydrogen-bond donors (Lipinski definition) is 0. The second kappa shape index (κ2) is 4.12. The Bertz CT molecular complexity index is 622. The first kappa shape index (κ1) is 11.3. The van der Waals surface area contributed by atoms with Gasteiger partial charge in [-0.3, -0.25) is 4.98 Å². The maximum atomic E-state index is 9.14. The van der Waals surface area contributed by atoms with E-state index in [1.165, 1.54) is 0 Å². The summed E-state index contributed by atoms with van der Waals surface area (Å²) in [5, 5.41) is 9.84. The number of rotatable bonds is 2. The van der Waals surface area contributed by atoms with Gasteiger partial charge in [0.2, 0.25) is 0 Å². The van der Waals surface area contributed by atoms with Gasteiger partial charge in [0.15, 0.2) is 0 Å². The van der Waals surface area contributed by atoms with Crippen molar-refractivity contribution in [2.45, 2.75) is 18.3 Å². The molecule has 0 N–H and O–H groups in total. The monoisotopic (exact) mass is 254 g/mol. The lowest BCUT2D eigenvalue weighted by Crippen LogP contribution is -2.02. The average molecular weight is 255 g/mol. The van der Waals surface area contributed by atoms with Crippen molar-refractivity contribution in [3.05, 3.63) is 53.2 Å². The highest BCUT2D eigenvalue weighted by Crippen LogP contribution is 2.47. The first-order valence-corrected chi connectivity index (χ1v) is 6.26. The van der Waals surface area contributed by atoms with E-state index in [0.717, 1.165) is 29.7 Å². The molecule has 18 heavy (non-hydrogen) atoms. The van der Waals surface area contributed by atoms with Crippen LogP contribution in [0.1, 0.15) is 18.4 Å². The molecule has 3 heteroatoms. The summed E-state index contributed by atoms with van der Waals surface area (Å²) in [4.78, 5) is 4.43. The zero-order valence-corrected chi connectivity index (χ0v) is 10.5. The van der Waals surface area contributed by atoms with Crippen LogP contribution in [0.5, 0.6) is 0 Å². The Morgan fingerprint density at radius 1 is 1.17 bits per heavy atom. The summed E-state index contributed by atoms with van der Waals surface area (Å²) in [6, 6.07) is 13.9. The summed E-state index contributed by atoms with van der Waals surface area (Å²) in [5.41, 5.74) is 2.51. The first-order chi connectivity index (χ1) is 8.75. The minimum Gasteiger partial charge on any atom is -0.256 e. The lowest BCUT2D eigenvalue weighted by atomic mass is 9.99. The molecule has 0 aliphatic heterocycles. The number of pyridine rings is 1. The maximum absolute atomic E-state index is 9.14. The highest BCUT2D eigenvalue weighted by atomic mass is 35.5. The van der Waals surface area contributed by atoms with Crippen molar-refractivity contribution in [1.29, 1.82) is 5.26 Å². The van der Waals surface area contributed by atoms with Crippen LogP contribution in [0.4, 0.5) is 0 Å². The topological polar surface area (TPSA) is 36.7 Å². The summed E-state index contributed by atoms with van der Waals surface area (Å²) in [5.74, 6) is 0. The van der Waals surface area contributed by atoms with Gasteiger partial charge in [0.05, 0.1) is 17.2 Å². The largest absolute Gasteiger partial charge is 0.256 e. The molecule has 0 atom stereocenters. The van der Waals surface area contributed by atoms with Gasteiger partial charge in [-0.25, -0.2) is 0 Å². The molecule has 1 saturated carbocycles. The van der Waals surface area contributed by atoms with Crippen molar-refractivity contribution in [2.75, 3.05) is 0 Å². The summed E-state index contributed by atoms with van der Waals surface area (Å²) in [6.07, 6.45) is 3.68. The Kier molecular flexibility index (Phi) is 2.57. The van der Waals surface area contributed by atoms with Gasteiger partial charge in [-0.1, -0.05) is 35.9 Å². The van der Waals surface area contributed by atoms with E-state index in [2.05, 4.69) is 11.1 Å². The van der Waals surface area contributed by atoms with Crippen LogP contribution in [0.25, 0.3) is 11.3 Å². The van der Waals surface area contributed by atoms with E-state index >= 15 is 0 Å². The number of halogens is 1. The minimum atomic E-state index is -0.272. The Balaban J connectivity index is 1.98. The quantitative estimate of drug-likeness (QED) is 0.813. The summed E-state index contributed by atoms with van der Waals surface area (Å²) < 4.78 is 0. The molecule has 0 radical (unpaired) electrons. The highest BCUT2D eigenvalue weighted by Gasteiger charge is 2.45.